The molecule has 0 aromatic carbocycles. The van der Waals surface area contributed by atoms with Gasteiger partial charge in [0.05, 0.1) is 12.6 Å². The number of aliphatic hydroxyl groups excluding tert-OH is 1. The minimum absolute atomic E-state index is 0.0480. The monoisotopic (exact) mass is 360 g/mol. The SMILES string of the molecule is CC(C)(C)OC(=O)N1CC(Cc2ccnc(C(F)(F)F)c2)CC1CO. The van der Waals surface area contributed by atoms with Gasteiger partial charge in [0.25, 0.3) is 0 Å². The van der Waals surface area contributed by atoms with Crippen molar-refractivity contribution in [3.8, 4) is 0 Å². The predicted octanol–water partition coefficient (Wildman–Crippen LogP) is 3.26. The first kappa shape index (κ1) is 19.5. The van der Waals surface area contributed by atoms with E-state index < -0.39 is 23.6 Å². The number of rotatable bonds is 3. The molecular formula is C17H23F3N2O3. The molecule has 8 heteroatoms. The first-order valence-corrected chi connectivity index (χ1v) is 8.12. The third kappa shape index (κ3) is 5.32. The molecular weight excluding hydrogens is 337 g/mol. The number of alkyl halides is 3. The summed E-state index contributed by atoms with van der Waals surface area (Å²) in [5, 5.41) is 9.51. The summed E-state index contributed by atoms with van der Waals surface area (Å²) in [4.78, 5) is 17.1. The molecule has 1 aliphatic heterocycles. The first-order valence-electron chi connectivity index (χ1n) is 8.12. The fourth-order valence-corrected chi connectivity index (χ4v) is 2.97. The average Bonchev–Trinajstić information content (AvgIpc) is 2.88. The number of hydrogen-bond donors (Lipinski definition) is 1. The highest BCUT2D eigenvalue weighted by atomic mass is 19.4. The molecule has 140 valence electrons. The lowest BCUT2D eigenvalue weighted by Crippen LogP contribution is -2.41. The van der Waals surface area contributed by atoms with Crippen molar-refractivity contribution in [3.63, 3.8) is 0 Å². The Morgan fingerprint density at radius 2 is 2.08 bits per heavy atom. The van der Waals surface area contributed by atoms with Crippen molar-refractivity contribution in [2.24, 2.45) is 5.92 Å². The first-order chi connectivity index (χ1) is 11.5. The lowest BCUT2D eigenvalue weighted by molar-refractivity contribution is -0.141. The third-order valence-electron chi connectivity index (χ3n) is 3.98. The maximum Gasteiger partial charge on any atom is 0.433 e. The van der Waals surface area contributed by atoms with E-state index in [1.165, 1.54) is 4.90 Å². The van der Waals surface area contributed by atoms with Crippen LogP contribution in [0.1, 0.15) is 38.4 Å². The number of hydrogen-bond acceptors (Lipinski definition) is 4. The summed E-state index contributed by atoms with van der Waals surface area (Å²) in [5.74, 6) is -0.0480. The topological polar surface area (TPSA) is 62.7 Å². The molecule has 1 aromatic rings. The Labute approximate surface area is 144 Å². The van der Waals surface area contributed by atoms with Gasteiger partial charge in [-0.1, -0.05) is 0 Å². The highest BCUT2D eigenvalue weighted by molar-refractivity contribution is 5.69. The number of carbonyl (C=O) groups excluding carboxylic acids is 1. The van der Waals surface area contributed by atoms with Crippen molar-refractivity contribution in [1.29, 1.82) is 0 Å². The van der Waals surface area contributed by atoms with E-state index in [2.05, 4.69) is 4.98 Å². The van der Waals surface area contributed by atoms with Crippen LogP contribution in [0.4, 0.5) is 18.0 Å². The van der Waals surface area contributed by atoms with Gasteiger partial charge in [-0.05, 0) is 57.2 Å². The highest BCUT2D eigenvalue weighted by Crippen LogP contribution is 2.31. The summed E-state index contributed by atoms with van der Waals surface area (Å²) in [5.41, 5.74) is -1.07. The largest absolute Gasteiger partial charge is 0.444 e. The van der Waals surface area contributed by atoms with E-state index in [4.69, 9.17) is 4.74 Å². The molecule has 1 fully saturated rings. The van der Waals surface area contributed by atoms with E-state index in [9.17, 15) is 23.1 Å². The quantitative estimate of drug-likeness (QED) is 0.899. The summed E-state index contributed by atoms with van der Waals surface area (Å²) >= 11 is 0. The van der Waals surface area contributed by atoms with Gasteiger partial charge in [-0.3, -0.25) is 4.98 Å². The van der Waals surface area contributed by atoms with Gasteiger partial charge in [0.15, 0.2) is 0 Å². The van der Waals surface area contributed by atoms with Crippen LogP contribution in [-0.2, 0) is 17.3 Å². The van der Waals surface area contributed by atoms with Crippen molar-refractivity contribution in [1.82, 2.24) is 9.88 Å². The van der Waals surface area contributed by atoms with Gasteiger partial charge in [-0.2, -0.15) is 13.2 Å². The molecule has 1 amide bonds. The number of ether oxygens (including phenoxy) is 1. The third-order valence-corrected chi connectivity index (χ3v) is 3.98. The molecule has 0 radical (unpaired) electrons. The van der Waals surface area contributed by atoms with Crippen LogP contribution in [-0.4, -0.2) is 45.9 Å². The summed E-state index contributed by atoms with van der Waals surface area (Å²) in [7, 11) is 0. The standard InChI is InChI=1S/C17H23F3N2O3/c1-16(2,3)25-15(24)22-9-12(7-13(22)10-23)6-11-4-5-21-14(8-11)17(18,19)20/h4-5,8,12-13,23H,6-7,9-10H2,1-3H3. The second-order valence-corrected chi connectivity index (χ2v) is 7.32. The maximum atomic E-state index is 12.8. The predicted molar refractivity (Wildman–Crippen MR) is 84.9 cm³/mol. The van der Waals surface area contributed by atoms with E-state index in [1.54, 1.807) is 26.8 Å². The number of likely N-dealkylation sites (tertiary alicyclic amines) is 1. The Balaban J connectivity index is 2.06. The molecule has 5 nitrogen and oxygen atoms in total. The molecule has 25 heavy (non-hydrogen) atoms. The minimum atomic E-state index is -4.48. The lowest BCUT2D eigenvalue weighted by Gasteiger charge is -2.27. The summed E-state index contributed by atoms with van der Waals surface area (Å²) < 4.78 is 43.6. The van der Waals surface area contributed by atoms with Crippen LogP contribution >= 0.6 is 0 Å². The Kier molecular flexibility index (Phi) is 5.61. The van der Waals surface area contributed by atoms with Crippen LogP contribution in [0, 0.1) is 5.92 Å². The Bertz CT molecular complexity index is 614. The van der Waals surface area contributed by atoms with Gasteiger partial charge in [0.1, 0.15) is 11.3 Å². The fourth-order valence-electron chi connectivity index (χ4n) is 2.97. The van der Waals surface area contributed by atoms with E-state index in [1.807, 2.05) is 0 Å². The Morgan fingerprint density at radius 3 is 2.64 bits per heavy atom. The smallest absolute Gasteiger partial charge is 0.433 e. The van der Waals surface area contributed by atoms with Crippen molar-refractivity contribution in [2.75, 3.05) is 13.2 Å². The number of aliphatic hydroxyl groups is 1. The van der Waals surface area contributed by atoms with Gasteiger partial charge in [-0.25, -0.2) is 4.79 Å². The van der Waals surface area contributed by atoms with Crippen LogP contribution < -0.4 is 0 Å². The molecule has 1 N–H and O–H groups in total. The molecule has 0 bridgehead atoms. The van der Waals surface area contributed by atoms with Crippen LogP contribution in [0.25, 0.3) is 0 Å². The molecule has 0 aliphatic carbocycles. The summed E-state index contributed by atoms with van der Waals surface area (Å²) in [6.07, 6.45) is -2.97. The van der Waals surface area contributed by atoms with Crippen molar-refractivity contribution in [2.45, 2.75) is 51.4 Å². The molecule has 1 aromatic heterocycles. The zero-order valence-corrected chi connectivity index (χ0v) is 14.5. The van der Waals surface area contributed by atoms with Gasteiger partial charge < -0.3 is 14.7 Å². The summed E-state index contributed by atoms with van der Waals surface area (Å²) in [6, 6.07) is 2.19. The van der Waals surface area contributed by atoms with E-state index >= 15 is 0 Å². The Morgan fingerprint density at radius 1 is 1.40 bits per heavy atom. The molecule has 2 unspecified atom stereocenters. The van der Waals surface area contributed by atoms with E-state index in [0.717, 1.165) is 12.3 Å². The van der Waals surface area contributed by atoms with Crippen molar-refractivity contribution >= 4 is 6.09 Å². The normalized spacial score (nSPS) is 21.5. The van der Waals surface area contributed by atoms with Crippen LogP contribution in [0.2, 0.25) is 0 Å². The molecule has 0 saturated carbocycles. The molecule has 2 rings (SSSR count). The van der Waals surface area contributed by atoms with Gasteiger partial charge in [0, 0.05) is 12.7 Å². The van der Waals surface area contributed by atoms with E-state index in [-0.39, 0.29) is 18.6 Å². The van der Waals surface area contributed by atoms with E-state index in [0.29, 0.717) is 24.9 Å². The van der Waals surface area contributed by atoms with Gasteiger partial charge in [-0.15, -0.1) is 0 Å². The number of halogens is 3. The van der Waals surface area contributed by atoms with Gasteiger partial charge >= 0.3 is 12.3 Å². The molecule has 1 aliphatic rings. The average molecular weight is 360 g/mol. The molecule has 0 spiro atoms. The molecule has 2 heterocycles. The number of aromatic nitrogens is 1. The van der Waals surface area contributed by atoms with Crippen molar-refractivity contribution < 1.29 is 27.8 Å². The number of carbonyl (C=O) groups is 1. The minimum Gasteiger partial charge on any atom is -0.444 e. The zero-order valence-electron chi connectivity index (χ0n) is 14.5. The van der Waals surface area contributed by atoms with Crippen LogP contribution in [0.3, 0.4) is 0 Å². The molecule has 2 atom stereocenters. The van der Waals surface area contributed by atoms with Gasteiger partial charge in [0.2, 0.25) is 0 Å². The molecule has 1 saturated heterocycles. The van der Waals surface area contributed by atoms with Crippen molar-refractivity contribution in [3.05, 3.63) is 29.6 Å². The second-order valence-electron chi connectivity index (χ2n) is 7.32. The van der Waals surface area contributed by atoms with Crippen LogP contribution in [0.15, 0.2) is 18.3 Å². The zero-order chi connectivity index (χ0) is 18.8. The highest BCUT2D eigenvalue weighted by Gasteiger charge is 2.37. The lowest BCUT2D eigenvalue weighted by atomic mass is 9.97. The Hall–Kier alpha value is -1.83. The number of pyridine rings is 1. The maximum absolute atomic E-state index is 12.8. The van der Waals surface area contributed by atoms with Crippen LogP contribution in [0.5, 0.6) is 0 Å². The second kappa shape index (κ2) is 7.19. The summed E-state index contributed by atoms with van der Waals surface area (Å²) in [6.45, 7) is 5.38. The number of amides is 1. The number of nitrogens with zero attached hydrogens (tertiary/aromatic N) is 2. The fraction of sp³-hybridized carbons (Fsp3) is 0.647.